The SMILES string of the molecule is Cc1c2c(c(C)c(-c3cc(F)c4c(c3C)NCCO4)c1CC(=O)OCC(C)(C)[O-])CN(C(=O)N1CCC(F)(F)C1)C2. The fourth-order valence-corrected chi connectivity index (χ4v) is 6.00. The van der Waals surface area contributed by atoms with Crippen LogP contribution in [0, 0.1) is 26.6 Å². The summed E-state index contributed by atoms with van der Waals surface area (Å²) in [4.78, 5) is 28.9. The molecule has 41 heavy (non-hydrogen) atoms. The van der Waals surface area contributed by atoms with Crippen molar-refractivity contribution >= 4 is 17.7 Å². The Kier molecular flexibility index (Phi) is 7.38. The number of hydrogen-bond acceptors (Lipinski definition) is 6. The molecular weight excluding hydrogens is 539 g/mol. The van der Waals surface area contributed by atoms with Crippen LogP contribution >= 0.6 is 0 Å². The molecular formula is C30H35F3N3O5-. The van der Waals surface area contributed by atoms with Crippen LogP contribution in [0.1, 0.15) is 53.6 Å². The number of alkyl halides is 2. The molecule has 0 aliphatic carbocycles. The number of esters is 1. The first-order valence-electron chi connectivity index (χ1n) is 13.8. The number of carbonyl (C=O) groups excluding carboxylic acids is 2. The molecule has 1 saturated heterocycles. The van der Waals surface area contributed by atoms with E-state index < -0.39 is 35.9 Å². The normalized spacial score (nSPS) is 17.6. The lowest BCUT2D eigenvalue weighted by Crippen LogP contribution is -2.42. The van der Waals surface area contributed by atoms with Crippen molar-refractivity contribution in [1.29, 1.82) is 0 Å². The van der Waals surface area contributed by atoms with E-state index in [1.165, 1.54) is 29.7 Å². The molecule has 0 atom stereocenters. The van der Waals surface area contributed by atoms with Gasteiger partial charge in [-0.2, -0.15) is 0 Å². The summed E-state index contributed by atoms with van der Waals surface area (Å²) < 4.78 is 53.9. The Hall–Kier alpha value is -3.47. The maximum absolute atomic E-state index is 15.3. The van der Waals surface area contributed by atoms with Gasteiger partial charge in [0.25, 0.3) is 5.92 Å². The van der Waals surface area contributed by atoms with E-state index in [-0.39, 0.29) is 44.8 Å². The smallest absolute Gasteiger partial charge is 0.320 e. The fourth-order valence-electron chi connectivity index (χ4n) is 6.00. The van der Waals surface area contributed by atoms with Crippen molar-refractivity contribution in [1.82, 2.24) is 9.80 Å². The number of fused-ring (bicyclic) bond motifs is 2. The highest BCUT2D eigenvalue weighted by molar-refractivity contribution is 5.87. The number of nitrogens with one attached hydrogen (secondary N) is 1. The molecule has 2 aromatic rings. The predicted octanol–water partition coefficient (Wildman–Crippen LogP) is 4.22. The number of rotatable bonds is 5. The van der Waals surface area contributed by atoms with Crippen LogP contribution in [0.25, 0.3) is 11.1 Å². The van der Waals surface area contributed by atoms with Gasteiger partial charge in [0.15, 0.2) is 11.6 Å². The fraction of sp³-hybridized carbons (Fsp3) is 0.533. The van der Waals surface area contributed by atoms with E-state index >= 15 is 4.39 Å². The lowest BCUT2D eigenvalue weighted by molar-refractivity contribution is -0.470. The highest BCUT2D eigenvalue weighted by Gasteiger charge is 2.43. The molecule has 5 rings (SSSR count). The molecule has 1 N–H and O–H groups in total. The number of anilines is 1. The van der Waals surface area contributed by atoms with Gasteiger partial charge in [0, 0.05) is 32.6 Å². The van der Waals surface area contributed by atoms with Crippen molar-refractivity contribution in [2.45, 2.75) is 72.1 Å². The Labute approximate surface area is 237 Å². The number of carbonyl (C=O) groups is 2. The first-order chi connectivity index (χ1) is 19.2. The predicted molar refractivity (Wildman–Crippen MR) is 145 cm³/mol. The van der Waals surface area contributed by atoms with Gasteiger partial charge in [-0.3, -0.25) is 4.79 Å². The Morgan fingerprint density at radius 1 is 1.12 bits per heavy atom. The lowest BCUT2D eigenvalue weighted by atomic mass is 9.82. The summed E-state index contributed by atoms with van der Waals surface area (Å²) in [6.45, 7) is 8.71. The van der Waals surface area contributed by atoms with Crippen LogP contribution in [0.3, 0.4) is 0 Å². The van der Waals surface area contributed by atoms with Gasteiger partial charge in [-0.05, 0) is 71.3 Å². The third-order valence-electron chi connectivity index (χ3n) is 8.12. The van der Waals surface area contributed by atoms with Gasteiger partial charge in [-0.25, -0.2) is 18.0 Å². The van der Waals surface area contributed by atoms with E-state index in [0.29, 0.717) is 35.5 Å². The van der Waals surface area contributed by atoms with Gasteiger partial charge in [-0.15, -0.1) is 0 Å². The molecule has 0 saturated carbocycles. The van der Waals surface area contributed by atoms with E-state index in [9.17, 15) is 23.5 Å². The van der Waals surface area contributed by atoms with Crippen LogP contribution in [-0.2, 0) is 29.0 Å². The van der Waals surface area contributed by atoms with Crippen molar-refractivity contribution in [2.24, 2.45) is 0 Å². The molecule has 3 aliphatic heterocycles. The zero-order valence-electron chi connectivity index (χ0n) is 24.0. The topological polar surface area (TPSA) is 94.2 Å². The second kappa shape index (κ2) is 10.4. The van der Waals surface area contributed by atoms with Crippen molar-refractivity contribution in [3.8, 4) is 16.9 Å². The van der Waals surface area contributed by atoms with E-state index in [1.807, 2.05) is 20.8 Å². The second-order valence-corrected chi connectivity index (χ2v) is 11.8. The standard InChI is InChI=1S/C30H35F3N3O5/c1-16-20(11-24(37)41-15-29(4,5)39)25(19-10-23(31)27-26(18(19)3)34-7-9-40-27)17(2)22-13-36(12-21(16)22)28(38)35-8-6-30(32,33)14-35/h10,34H,6-9,11-15H2,1-5H3/q-1. The molecule has 2 amide bonds. The minimum Gasteiger partial charge on any atom is -0.847 e. The van der Waals surface area contributed by atoms with Crippen LogP contribution in [0.5, 0.6) is 5.75 Å². The second-order valence-electron chi connectivity index (χ2n) is 11.8. The monoisotopic (exact) mass is 574 g/mol. The number of urea groups is 1. The number of ether oxygens (including phenoxy) is 2. The van der Waals surface area contributed by atoms with E-state index in [2.05, 4.69) is 5.32 Å². The average molecular weight is 575 g/mol. The zero-order chi connectivity index (χ0) is 29.9. The molecule has 3 heterocycles. The number of nitrogens with zero attached hydrogens (tertiary/aromatic N) is 2. The van der Waals surface area contributed by atoms with Crippen molar-refractivity contribution < 1.29 is 37.3 Å². The van der Waals surface area contributed by atoms with Crippen LogP contribution in [-0.4, -0.2) is 66.2 Å². The van der Waals surface area contributed by atoms with Gasteiger partial charge in [0.05, 0.1) is 25.3 Å². The highest BCUT2D eigenvalue weighted by atomic mass is 19.3. The highest BCUT2D eigenvalue weighted by Crippen LogP contribution is 2.45. The quantitative estimate of drug-likeness (QED) is 0.538. The van der Waals surface area contributed by atoms with Crippen molar-refractivity contribution in [3.05, 3.63) is 45.3 Å². The molecule has 0 aromatic heterocycles. The summed E-state index contributed by atoms with van der Waals surface area (Å²) >= 11 is 0. The summed E-state index contributed by atoms with van der Waals surface area (Å²) in [5.74, 6) is -3.90. The first kappa shape index (κ1) is 29.0. The summed E-state index contributed by atoms with van der Waals surface area (Å²) in [6.07, 6.45) is -0.533. The Morgan fingerprint density at radius 3 is 2.44 bits per heavy atom. The van der Waals surface area contributed by atoms with Crippen LogP contribution < -0.4 is 15.2 Å². The molecule has 0 spiro atoms. The molecule has 3 aliphatic rings. The van der Waals surface area contributed by atoms with Crippen LogP contribution in [0.4, 0.5) is 23.7 Å². The maximum atomic E-state index is 15.3. The van der Waals surface area contributed by atoms with E-state index in [1.54, 1.807) is 0 Å². The largest absolute Gasteiger partial charge is 0.847 e. The molecule has 0 radical (unpaired) electrons. The van der Waals surface area contributed by atoms with Gasteiger partial charge in [0.2, 0.25) is 0 Å². The summed E-state index contributed by atoms with van der Waals surface area (Å²) in [7, 11) is 0. The zero-order valence-corrected chi connectivity index (χ0v) is 24.0. The summed E-state index contributed by atoms with van der Waals surface area (Å²) in [6, 6.07) is 0.935. The summed E-state index contributed by atoms with van der Waals surface area (Å²) in [5.41, 5.74) is 4.82. The van der Waals surface area contributed by atoms with Gasteiger partial charge >= 0.3 is 12.0 Å². The van der Waals surface area contributed by atoms with Gasteiger partial charge < -0.3 is 29.7 Å². The molecule has 11 heteroatoms. The molecule has 8 nitrogen and oxygen atoms in total. The molecule has 0 bridgehead atoms. The number of likely N-dealkylation sites (tertiary alicyclic amines) is 1. The number of benzene rings is 2. The van der Waals surface area contributed by atoms with E-state index in [0.717, 1.165) is 27.8 Å². The summed E-state index contributed by atoms with van der Waals surface area (Å²) in [5, 5.41) is 15.3. The minimum atomic E-state index is -2.90. The third kappa shape index (κ3) is 5.56. The van der Waals surface area contributed by atoms with Crippen LogP contribution in [0.2, 0.25) is 0 Å². The van der Waals surface area contributed by atoms with Crippen LogP contribution in [0.15, 0.2) is 6.07 Å². The van der Waals surface area contributed by atoms with Gasteiger partial charge in [0.1, 0.15) is 6.61 Å². The van der Waals surface area contributed by atoms with Crippen molar-refractivity contribution in [2.75, 3.05) is 38.2 Å². The van der Waals surface area contributed by atoms with E-state index in [4.69, 9.17) is 9.47 Å². The molecule has 222 valence electrons. The van der Waals surface area contributed by atoms with Crippen molar-refractivity contribution in [3.63, 3.8) is 0 Å². The number of hydrogen-bond donors (Lipinski definition) is 1. The first-order valence-corrected chi connectivity index (χ1v) is 13.8. The Bertz CT molecular complexity index is 1420. The average Bonchev–Trinajstić information content (AvgIpc) is 3.52. The Balaban J connectivity index is 1.59. The minimum absolute atomic E-state index is 0.0162. The third-order valence-corrected chi connectivity index (χ3v) is 8.12. The Morgan fingerprint density at radius 2 is 1.80 bits per heavy atom. The van der Waals surface area contributed by atoms with Gasteiger partial charge in [-0.1, -0.05) is 19.4 Å². The maximum Gasteiger partial charge on any atom is 0.320 e. The number of halogens is 3. The molecule has 2 aromatic carbocycles. The number of amides is 2. The molecule has 0 unspecified atom stereocenters. The lowest BCUT2D eigenvalue weighted by Gasteiger charge is -2.30. The molecule has 1 fully saturated rings.